The molecule has 0 atom stereocenters. The smallest absolute Gasteiger partial charge is 0.434 e. The molecule has 0 saturated heterocycles. The van der Waals surface area contributed by atoms with Crippen molar-refractivity contribution < 1.29 is 14.3 Å². The summed E-state index contributed by atoms with van der Waals surface area (Å²) < 4.78 is 11.1. The molecule has 2 aromatic rings. The number of rotatable bonds is 11. The van der Waals surface area contributed by atoms with E-state index in [9.17, 15) is 4.79 Å². The van der Waals surface area contributed by atoms with Crippen molar-refractivity contribution in [2.24, 2.45) is 4.99 Å². The van der Waals surface area contributed by atoms with Gasteiger partial charge in [0.25, 0.3) is 5.23 Å². The topological polar surface area (TPSA) is 47.9 Å². The van der Waals surface area contributed by atoms with Crippen LogP contribution in [0.3, 0.4) is 0 Å². The molecule has 0 aliphatic carbocycles. The van der Waals surface area contributed by atoms with Crippen molar-refractivity contribution in [2.75, 3.05) is 5.75 Å². The summed E-state index contributed by atoms with van der Waals surface area (Å²) in [6.45, 7) is 4.26. The van der Waals surface area contributed by atoms with Crippen LogP contribution in [-0.4, -0.2) is 17.1 Å². The second-order valence-electron chi connectivity index (χ2n) is 7.30. The highest BCUT2D eigenvalue weighted by molar-refractivity contribution is 8.13. The third-order valence-corrected chi connectivity index (χ3v) is 5.49. The molecule has 2 aromatic carbocycles. The number of hydrogen-bond donors (Lipinski definition) is 0. The van der Waals surface area contributed by atoms with Crippen molar-refractivity contribution in [3.8, 4) is 11.5 Å². The van der Waals surface area contributed by atoms with E-state index < -0.39 is 6.09 Å². The van der Waals surface area contributed by atoms with Crippen molar-refractivity contribution in [3.63, 3.8) is 0 Å². The first-order chi connectivity index (χ1) is 14.7. The first-order valence-electron chi connectivity index (χ1n) is 10.9. The van der Waals surface area contributed by atoms with E-state index in [0.29, 0.717) is 16.7 Å². The van der Waals surface area contributed by atoms with E-state index in [1.807, 2.05) is 49.4 Å². The Bertz CT molecular complexity index is 760. The highest BCUT2D eigenvalue weighted by atomic mass is 32.2. The Balaban J connectivity index is 1.84. The lowest BCUT2D eigenvalue weighted by molar-refractivity contribution is 0.211. The van der Waals surface area contributed by atoms with Crippen LogP contribution in [0.5, 0.6) is 11.5 Å². The molecule has 162 valence electrons. The second-order valence-corrected chi connectivity index (χ2v) is 8.34. The number of carbonyl (C=O) groups is 1. The number of para-hydroxylation sites is 1. The third-order valence-electron chi connectivity index (χ3n) is 4.58. The number of hydrogen-bond acceptors (Lipinski definition) is 4. The lowest BCUT2D eigenvalue weighted by atomic mass is 10.1. The molecule has 0 heterocycles. The number of carbonyl (C=O) groups excluding carboxylic acids is 1. The molecule has 1 amide bonds. The maximum atomic E-state index is 12.2. The van der Waals surface area contributed by atoms with E-state index in [1.165, 1.54) is 56.7 Å². The highest BCUT2D eigenvalue weighted by Crippen LogP contribution is 2.19. The standard InChI is InChI=1S/C25H33NO3S/c1-3-4-5-6-7-8-9-13-20-30-25(29-23-18-16-21(2)17-19-23)26-24(27)28-22-14-11-10-12-15-22/h10-12,14-19H,3-9,13,20H2,1-2H3/b26-25-. The van der Waals surface area contributed by atoms with Gasteiger partial charge in [0.2, 0.25) is 0 Å². The largest absolute Gasteiger partial charge is 0.442 e. The van der Waals surface area contributed by atoms with Gasteiger partial charge in [-0.25, -0.2) is 4.79 Å². The number of aryl methyl sites for hydroxylation is 1. The summed E-state index contributed by atoms with van der Waals surface area (Å²) in [6.07, 6.45) is 9.43. The van der Waals surface area contributed by atoms with Crippen molar-refractivity contribution in [3.05, 3.63) is 60.2 Å². The Morgan fingerprint density at radius 2 is 1.40 bits per heavy atom. The molecule has 5 heteroatoms. The van der Waals surface area contributed by atoms with Crippen LogP contribution >= 0.6 is 11.8 Å². The van der Waals surface area contributed by atoms with Gasteiger partial charge in [0.1, 0.15) is 11.5 Å². The summed E-state index contributed by atoms with van der Waals surface area (Å²) in [6, 6.07) is 16.6. The van der Waals surface area contributed by atoms with Crippen molar-refractivity contribution in [1.82, 2.24) is 0 Å². The van der Waals surface area contributed by atoms with Gasteiger partial charge >= 0.3 is 6.09 Å². The number of thioether (sulfide) groups is 1. The fourth-order valence-corrected chi connectivity index (χ4v) is 3.69. The normalized spacial score (nSPS) is 11.3. The minimum absolute atomic E-state index is 0.322. The predicted octanol–water partition coefficient (Wildman–Crippen LogP) is 7.80. The molecule has 2 rings (SSSR count). The van der Waals surface area contributed by atoms with E-state index in [2.05, 4.69) is 11.9 Å². The van der Waals surface area contributed by atoms with Crippen LogP contribution in [0.15, 0.2) is 59.6 Å². The Hall–Kier alpha value is -2.27. The first kappa shape index (κ1) is 24.0. The van der Waals surface area contributed by atoms with Crippen LogP contribution in [0.1, 0.15) is 63.9 Å². The van der Waals surface area contributed by atoms with E-state index >= 15 is 0 Å². The summed E-state index contributed by atoms with van der Waals surface area (Å²) in [5, 5.41) is 0.322. The SMILES string of the molecule is CCCCCCCCCCS/C(=N\C(=O)Oc1ccccc1)Oc1ccc(C)cc1. The highest BCUT2D eigenvalue weighted by Gasteiger charge is 2.10. The van der Waals surface area contributed by atoms with E-state index in [1.54, 1.807) is 12.1 Å². The zero-order valence-corrected chi connectivity index (χ0v) is 19.0. The van der Waals surface area contributed by atoms with Gasteiger partial charge in [-0.2, -0.15) is 0 Å². The van der Waals surface area contributed by atoms with Gasteiger partial charge in [0, 0.05) is 5.75 Å². The number of ether oxygens (including phenoxy) is 2. The molecule has 0 aromatic heterocycles. The quantitative estimate of drug-likeness (QED) is 0.208. The molecule has 30 heavy (non-hydrogen) atoms. The number of nitrogens with zero attached hydrogens (tertiary/aromatic N) is 1. The summed E-state index contributed by atoms with van der Waals surface area (Å²) in [5.74, 6) is 1.99. The zero-order chi connectivity index (χ0) is 21.4. The molecule has 0 aliphatic heterocycles. The summed E-state index contributed by atoms with van der Waals surface area (Å²) in [5.41, 5.74) is 1.15. The Kier molecular flexibility index (Phi) is 11.7. The number of amides is 1. The van der Waals surface area contributed by atoms with Crippen LogP contribution in [0.2, 0.25) is 0 Å². The fraction of sp³-hybridized carbons (Fsp3) is 0.440. The molecule has 0 bridgehead atoms. The summed E-state index contributed by atoms with van der Waals surface area (Å²) in [7, 11) is 0. The number of unbranched alkanes of at least 4 members (excludes halogenated alkanes) is 7. The molecule has 0 fully saturated rings. The summed E-state index contributed by atoms with van der Waals surface area (Å²) in [4.78, 5) is 16.3. The maximum absolute atomic E-state index is 12.2. The van der Waals surface area contributed by atoms with Crippen LogP contribution in [-0.2, 0) is 0 Å². The molecule has 0 saturated carbocycles. The predicted molar refractivity (Wildman–Crippen MR) is 127 cm³/mol. The Morgan fingerprint density at radius 3 is 2.07 bits per heavy atom. The van der Waals surface area contributed by atoms with Crippen LogP contribution in [0, 0.1) is 6.92 Å². The number of benzene rings is 2. The zero-order valence-electron chi connectivity index (χ0n) is 18.1. The molecule has 0 unspecified atom stereocenters. The minimum Gasteiger partial charge on any atom is -0.434 e. The van der Waals surface area contributed by atoms with E-state index in [0.717, 1.165) is 17.7 Å². The van der Waals surface area contributed by atoms with Crippen molar-refractivity contribution >= 4 is 23.1 Å². The van der Waals surface area contributed by atoms with Crippen molar-refractivity contribution in [2.45, 2.75) is 65.2 Å². The fourth-order valence-electron chi connectivity index (χ4n) is 2.87. The third kappa shape index (κ3) is 10.5. The van der Waals surface area contributed by atoms with Crippen LogP contribution < -0.4 is 9.47 Å². The second kappa shape index (κ2) is 14.7. The summed E-state index contributed by atoms with van der Waals surface area (Å²) >= 11 is 1.46. The molecular formula is C25H33NO3S. The molecule has 0 radical (unpaired) electrons. The van der Waals surface area contributed by atoms with Crippen molar-refractivity contribution in [1.29, 1.82) is 0 Å². The van der Waals surface area contributed by atoms with Crippen LogP contribution in [0.25, 0.3) is 0 Å². The lowest BCUT2D eigenvalue weighted by Gasteiger charge is -2.09. The van der Waals surface area contributed by atoms with Gasteiger partial charge in [-0.05, 0) is 37.6 Å². The van der Waals surface area contributed by atoms with Crippen LogP contribution in [0.4, 0.5) is 4.79 Å². The monoisotopic (exact) mass is 427 g/mol. The maximum Gasteiger partial charge on any atom is 0.442 e. The van der Waals surface area contributed by atoms with Gasteiger partial charge in [-0.15, -0.1) is 4.99 Å². The Labute approximate surface area is 185 Å². The molecule has 0 N–H and O–H groups in total. The lowest BCUT2D eigenvalue weighted by Crippen LogP contribution is -2.11. The average molecular weight is 428 g/mol. The van der Waals surface area contributed by atoms with Gasteiger partial charge in [0.05, 0.1) is 0 Å². The van der Waals surface area contributed by atoms with Gasteiger partial charge < -0.3 is 9.47 Å². The molecule has 0 aliphatic rings. The molecule has 4 nitrogen and oxygen atoms in total. The average Bonchev–Trinajstić information content (AvgIpc) is 2.74. The molecular weight excluding hydrogens is 394 g/mol. The minimum atomic E-state index is -0.674. The van der Waals surface area contributed by atoms with E-state index in [-0.39, 0.29) is 0 Å². The van der Waals surface area contributed by atoms with E-state index in [4.69, 9.17) is 9.47 Å². The molecule has 0 spiro atoms. The van der Waals surface area contributed by atoms with Gasteiger partial charge in [0.15, 0.2) is 0 Å². The Morgan fingerprint density at radius 1 is 0.800 bits per heavy atom. The van der Waals surface area contributed by atoms with Gasteiger partial charge in [-0.1, -0.05) is 99.5 Å². The first-order valence-corrected chi connectivity index (χ1v) is 11.9. The number of aliphatic imine (C=N–C) groups is 1. The van der Waals surface area contributed by atoms with Gasteiger partial charge in [-0.3, -0.25) is 0 Å².